The molecule has 0 spiro atoms. The highest BCUT2D eigenvalue weighted by Gasteiger charge is 2.37. The molecule has 0 aromatic carbocycles. The minimum Gasteiger partial charge on any atom is -0.481 e. The molecule has 4 nitrogen and oxygen atoms in total. The molecule has 7 heteroatoms. The van der Waals surface area contributed by atoms with Gasteiger partial charge in [0.2, 0.25) is 0 Å². The maximum atomic E-state index is 12.5. The lowest BCUT2D eigenvalue weighted by molar-refractivity contribution is -0.142. The molecule has 90 valence electrons. The molecule has 0 unspecified atom stereocenters. The highest BCUT2D eigenvalue weighted by atomic mass is 19.4. The molecular weight excluding hydrogens is 225 g/mol. The van der Waals surface area contributed by atoms with Gasteiger partial charge in [0.1, 0.15) is 0 Å². The summed E-state index contributed by atoms with van der Waals surface area (Å²) in [6.45, 7) is 1.68. The van der Waals surface area contributed by atoms with Crippen molar-refractivity contribution in [3.63, 3.8) is 0 Å². The van der Waals surface area contributed by atoms with Gasteiger partial charge in [-0.05, 0) is 12.8 Å². The van der Waals surface area contributed by atoms with Crippen molar-refractivity contribution in [1.29, 1.82) is 0 Å². The van der Waals surface area contributed by atoms with Gasteiger partial charge in [-0.1, -0.05) is 6.92 Å². The zero-order valence-corrected chi connectivity index (χ0v) is 8.56. The summed E-state index contributed by atoms with van der Waals surface area (Å²) in [5.74, 6) is -1.13. The molecule has 0 bridgehead atoms. The van der Waals surface area contributed by atoms with Gasteiger partial charge < -0.3 is 5.11 Å². The zero-order chi connectivity index (χ0) is 12.3. The number of aromatic amines is 1. The number of aryl methyl sites for hydroxylation is 1. The molecule has 0 saturated carbocycles. The number of H-pyrrole nitrogens is 1. The molecule has 16 heavy (non-hydrogen) atoms. The van der Waals surface area contributed by atoms with Crippen LogP contribution in [0.15, 0.2) is 0 Å². The van der Waals surface area contributed by atoms with E-state index in [9.17, 15) is 18.0 Å². The Labute approximate surface area is 89.5 Å². The summed E-state index contributed by atoms with van der Waals surface area (Å²) in [4.78, 5) is 10.3. The largest absolute Gasteiger partial charge is 0.481 e. The van der Waals surface area contributed by atoms with Crippen molar-refractivity contribution in [1.82, 2.24) is 10.2 Å². The predicted molar refractivity (Wildman–Crippen MR) is 48.9 cm³/mol. The van der Waals surface area contributed by atoms with Crippen LogP contribution in [0.25, 0.3) is 0 Å². The van der Waals surface area contributed by atoms with Crippen molar-refractivity contribution in [2.24, 2.45) is 0 Å². The summed E-state index contributed by atoms with van der Waals surface area (Å²) < 4.78 is 37.5. The summed E-state index contributed by atoms with van der Waals surface area (Å²) in [5.41, 5.74) is -0.712. The number of alkyl halides is 3. The molecule has 0 aliphatic heterocycles. The number of rotatable bonds is 4. The summed E-state index contributed by atoms with van der Waals surface area (Å²) in [5, 5.41) is 13.9. The summed E-state index contributed by atoms with van der Waals surface area (Å²) in [6.07, 6.45) is -4.69. The predicted octanol–water partition coefficient (Wildman–Crippen LogP) is 2.01. The van der Waals surface area contributed by atoms with Crippen LogP contribution in [-0.4, -0.2) is 21.3 Å². The Morgan fingerprint density at radius 3 is 2.56 bits per heavy atom. The fraction of sp³-hybridized carbons (Fsp3) is 0.556. The van der Waals surface area contributed by atoms with Crippen LogP contribution in [0.5, 0.6) is 0 Å². The molecule has 1 aromatic heterocycles. The molecular formula is C9H11F3N2O2. The summed E-state index contributed by atoms with van der Waals surface area (Å²) in [6, 6.07) is 0. The summed E-state index contributed by atoms with van der Waals surface area (Å²) in [7, 11) is 0. The fourth-order valence-electron chi connectivity index (χ4n) is 1.43. The van der Waals surface area contributed by atoms with Gasteiger partial charge in [0, 0.05) is 17.7 Å². The normalized spacial score (nSPS) is 11.8. The molecule has 1 aromatic rings. The number of nitrogens with zero attached hydrogens (tertiary/aromatic N) is 1. The van der Waals surface area contributed by atoms with Crippen molar-refractivity contribution in [2.75, 3.05) is 0 Å². The Morgan fingerprint density at radius 2 is 2.12 bits per heavy atom. The van der Waals surface area contributed by atoms with E-state index in [2.05, 4.69) is 10.2 Å². The molecule has 0 aliphatic rings. The average molecular weight is 236 g/mol. The Balaban J connectivity index is 3.01. The lowest BCUT2D eigenvalue weighted by Crippen LogP contribution is -2.10. The first kappa shape index (κ1) is 12.5. The first-order chi connectivity index (χ1) is 7.36. The van der Waals surface area contributed by atoms with E-state index in [0.717, 1.165) is 0 Å². The van der Waals surface area contributed by atoms with Gasteiger partial charge in [-0.3, -0.25) is 9.89 Å². The summed E-state index contributed by atoms with van der Waals surface area (Å²) >= 11 is 0. The molecule has 0 amide bonds. The third-order valence-corrected chi connectivity index (χ3v) is 2.16. The van der Waals surface area contributed by atoms with Crippen LogP contribution in [-0.2, 0) is 23.8 Å². The number of halogens is 3. The van der Waals surface area contributed by atoms with Crippen molar-refractivity contribution < 1.29 is 23.1 Å². The van der Waals surface area contributed by atoms with Gasteiger partial charge in [0.05, 0.1) is 0 Å². The van der Waals surface area contributed by atoms with Gasteiger partial charge in [-0.25, -0.2) is 0 Å². The van der Waals surface area contributed by atoms with Crippen LogP contribution >= 0.6 is 0 Å². The topological polar surface area (TPSA) is 66.0 Å². The maximum absolute atomic E-state index is 12.5. The highest BCUT2D eigenvalue weighted by molar-refractivity contribution is 5.67. The van der Waals surface area contributed by atoms with E-state index in [1.807, 2.05) is 0 Å². The van der Waals surface area contributed by atoms with Gasteiger partial charge in [-0.2, -0.15) is 18.3 Å². The molecule has 1 rings (SSSR count). The zero-order valence-electron chi connectivity index (χ0n) is 8.56. The molecule has 0 saturated heterocycles. The molecule has 1 heterocycles. The maximum Gasteiger partial charge on any atom is 0.435 e. The van der Waals surface area contributed by atoms with Crippen molar-refractivity contribution in [2.45, 2.75) is 32.4 Å². The third kappa shape index (κ3) is 2.74. The number of carbonyl (C=O) groups is 1. The number of nitrogens with one attached hydrogen (secondary N) is 1. The first-order valence-electron chi connectivity index (χ1n) is 4.71. The van der Waals surface area contributed by atoms with E-state index < -0.39 is 17.8 Å². The molecule has 0 radical (unpaired) electrons. The average Bonchev–Trinajstić information content (AvgIpc) is 2.56. The van der Waals surface area contributed by atoms with E-state index in [1.54, 1.807) is 6.92 Å². The molecule has 0 atom stereocenters. The minimum atomic E-state index is -4.54. The minimum absolute atomic E-state index is 0.0441. The molecule has 0 fully saturated rings. The van der Waals surface area contributed by atoms with Gasteiger partial charge in [0.25, 0.3) is 0 Å². The molecule has 0 aliphatic carbocycles. The third-order valence-electron chi connectivity index (χ3n) is 2.16. The Morgan fingerprint density at radius 1 is 1.50 bits per heavy atom. The van der Waals surface area contributed by atoms with E-state index >= 15 is 0 Å². The van der Waals surface area contributed by atoms with Crippen LogP contribution < -0.4 is 0 Å². The van der Waals surface area contributed by atoms with Crippen LogP contribution in [0.4, 0.5) is 13.2 Å². The van der Waals surface area contributed by atoms with E-state index in [-0.39, 0.29) is 18.4 Å². The lowest BCUT2D eigenvalue weighted by atomic mass is 10.1. The number of aliphatic carboxylic acids is 1. The van der Waals surface area contributed by atoms with Crippen LogP contribution in [0.3, 0.4) is 0 Å². The van der Waals surface area contributed by atoms with Crippen LogP contribution in [0.1, 0.15) is 30.3 Å². The monoisotopic (exact) mass is 236 g/mol. The van der Waals surface area contributed by atoms with Crippen molar-refractivity contribution in [3.8, 4) is 0 Å². The van der Waals surface area contributed by atoms with Crippen LogP contribution in [0.2, 0.25) is 0 Å². The van der Waals surface area contributed by atoms with E-state index in [0.29, 0.717) is 12.1 Å². The number of aromatic nitrogens is 2. The molecule has 2 N–H and O–H groups in total. The van der Waals surface area contributed by atoms with Crippen LogP contribution in [0, 0.1) is 0 Å². The quantitative estimate of drug-likeness (QED) is 0.840. The van der Waals surface area contributed by atoms with Crippen molar-refractivity contribution >= 4 is 5.97 Å². The van der Waals surface area contributed by atoms with Gasteiger partial charge in [0.15, 0.2) is 5.69 Å². The highest BCUT2D eigenvalue weighted by Crippen LogP contribution is 2.32. The van der Waals surface area contributed by atoms with Crippen molar-refractivity contribution in [3.05, 3.63) is 17.0 Å². The SMILES string of the molecule is CCc1[nH]nc(C(F)(F)F)c1CCC(=O)O. The fourth-order valence-corrected chi connectivity index (χ4v) is 1.43. The number of carboxylic acid groups (broad SMARTS) is 1. The number of hydrogen-bond donors (Lipinski definition) is 2. The van der Waals surface area contributed by atoms with Gasteiger partial charge >= 0.3 is 12.1 Å². The Bertz CT molecular complexity index is 385. The number of carboxylic acids is 1. The second-order valence-corrected chi connectivity index (χ2v) is 3.27. The first-order valence-corrected chi connectivity index (χ1v) is 4.71. The second-order valence-electron chi connectivity index (χ2n) is 3.27. The van der Waals surface area contributed by atoms with E-state index in [1.165, 1.54) is 0 Å². The van der Waals surface area contributed by atoms with E-state index in [4.69, 9.17) is 5.11 Å². The van der Waals surface area contributed by atoms with Gasteiger partial charge in [-0.15, -0.1) is 0 Å². The number of hydrogen-bond acceptors (Lipinski definition) is 2. The Kier molecular flexibility index (Phi) is 3.56. The second kappa shape index (κ2) is 4.54. The smallest absolute Gasteiger partial charge is 0.435 e. The Hall–Kier alpha value is -1.53. The standard InChI is InChI=1S/C9H11F3N2O2/c1-2-6-5(3-4-7(15)16)8(14-13-6)9(10,11)12/h2-4H2,1H3,(H,13,14)(H,15,16). The lowest BCUT2D eigenvalue weighted by Gasteiger charge is -2.06.